The zero-order valence-electron chi connectivity index (χ0n) is 21.6. The Kier molecular flexibility index (Phi) is 8.06. The quantitative estimate of drug-likeness (QED) is 0.184. The van der Waals surface area contributed by atoms with E-state index in [1.807, 2.05) is 13.1 Å². The molecule has 0 amide bonds. The zero-order valence-corrected chi connectivity index (χ0v) is 21.6. The van der Waals surface area contributed by atoms with Gasteiger partial charge in [-0.3, -0.25) is 0 Å². The van der Waals surface area contributed by atoms with Crippen molar-refractivity contribution in [1.29, 1.82) is 0 Å². The molecule has 0 aliphatic heterocycles. The highest BCUT2D eigenvalue weighted by atomic mass is 16.6. The summed E-state index contributed by atoms with van der Waals surface area (Å²) in [5.74, 6) is 2.31. The smallest absolute Gasteiger partial charge is 0.213 e. The molecule has 0 saturated heterocycles. The molecule has 0 saturated carbocycles. The first-order valence-electron chi connectivity index (χ1n) is 12.4. The minimum Gasteiger partial charge on any atom is -0.494 e. The van der Waals surface area contributed by atoms with Crippen LogP contribution in [-0.4, -0.2) is 24.4 Å². The third kappa shape index (κ3) is 6.41. The fourth-order valence-electron chi connectivity index (χ4n) is 4.94. The monoisotopic (exact) mass is 472 g/mol. The van der Waals surface area contributed by atoms with Gasteiger partial charge in [-0.2, -0.15) is 0 Å². The number of aromatic nitrogens is 1. The molecule has 1 aromatic heterocycles. The van der Waals surface area contributed by atoms with E-state index in [0.717, 1.165) is 42.7 Å². The highest BCUT2D eigenvalue weighted by Gasteiger charge is 2.18. The Balaban J connectivity index is 1.40. The van der Waals surface area contributed by atoms with Crippen molar-refractivity contribution in [2.24, 2.45) is 11.1 Å². The van der Waals surface area contributed by atoms with Crippen LogP contribution in [0.3, 0.4) is 0 Å². The number of fused-ring (bicyclic) bond motifs is 1. The average molecular weight is 473 g/mol. The van der Waals surface area contributed by atoms with E-state index < -0.39 is 0 Å². The van der Waals surface area contributed by atoms with Crippen molar-refractivity contribution < 1.29 is 14.3 Å². The van der Waals surface area contributed by atoms with E-state index in [2.05, 4.69) is 73.4 Å². The molecule has 1 heterocycles. The molecule has 3 aromatic rings. The third-order valence-corrected chi connectivity index (χ3v) is 6.50. The maximum Gasteiger partial charge on any atom is 0.213 e. The van der Waals surface area contributed by atoms with Gasteiger partial charge in [0, 0.05) is 12.3 Å². The van der Waals surface area contributed by atoms with E-state index in [4.69, 9.17) is 14.3 Å². The van der Waals surface area contributed by atoms with Gasteiger partial charge in [0.2, 0.25) is 5.88 Å². The number of hydrogen-bond donors (Lipinski definition) is 0. The highest BCUT2D eigenvalue weighted by Crippen LogP contribution is 2.32. The molecule has 0 spiro atoms. The normalized spacial score (nSPS) is 15.1. The van der Waals surface area contributed by atoms with Gasteiger partial charge in [-0.25, -0.2) is 4.98 Å². The first kappa shape index (κ1) is 24.8. The molecule has 1 aliphatic carbocycles. The molecule has 1 atom stereocenters. The van der Waals surface area contributed by atoms with Crippen LogP contribution in [0.5, 0.6) is 11.6 Å². The minimum atomic E-state index is 0.500. The molecule has 184 valence electrons. The summed E-state index contributed by atoms with van der Waals surface area (Å²) in [6.07, 6.45) is 5.98. The van der Waals surface area contributed by atoms with Gasteiger partial charge in [-0.15, -0.1) is 0 Å². The van der Waals surface area contributed by atoms with Crippen LogP contribution in [0.25, 0.3) is 11.1 Å². The lowest BCUT2D eigenvalue weighted by Gasteiger charge is -2.15. The van der Waals surface area contributed by atoms with Crippen molar-refractivity contribution in [1.82, 2.24) is 4.98 Å². The van der Waals surface area contributed by atoms with Gasteiger partial charge in [-0.1, -0.05) is 30.3 Å². The number of rotatable bonds is 10. The largest absolute Gasteiger partial charge is 0.494 e. The van der Waals surface area contributed by atoms with Crippen LogP contribution < -0.4 is 9.47 Å². The lowest BCUT2D eigenvalue weighted by atomic mass is 9.94. The second-order valence-corrected chi connectivity index (χ2v) is 9.69. The highest BCUT2D eigenvalue weighted by molar-refractivity contribution is 5.81. The molecule has 0 N–H and O–H groups in total. The molecular formula is C30H36N2O3. The number of hydrogen-bond acceptors (Lipinski definition) is 5. The van der Waals surface area contributed by atoms with Gasteiger partial charge in [0.15, 0.2) is 0 Å². The summed E-state index contributed by atoms with van der Waals surface area (Å²) in [6, 6.07) is 14.9. The molecule has 0 fully saturated rings. The van der Waals surface area contributed by atoms with Gasteiger partial charge >= 0.3 is 0 Å². The van der Waals surface area contributed by atoms with Gasteiger partial charge in [0.05, 0.1) is 12.3 Å². The summed E-state index contributed by atoms with van der Waals surface area (Å²) in [7, 11) is 1.57. The molecule has 0 bridgehead atoms. The van der Waals surface area contributed by atoms with Crippen molar-refractivity contribution in [2.45, 2.75) is 60.0 Å². The fraction of sp³-hybridized carbons (Fsp3) is 0.400. The summed E-state index contributed by atoms with van der Waals surface area (Å²) in [5, 5.41) is 3.94. The molecule has 0 radical (unpaired) electrons. The molecule has 2 aromatic carbocycles. The predicted octanol–water partition coefficient (Wildman–Crippen LogP) is 6.86. The van der Waals surface area contributed by atoms with Crippen molar-refractivity contribution in [3.8, 4) is 22.8 Å². The Hall–Kier alpha value is -3.34. The molecule has 5 nitrogen and oxygen atoms in total. The van der Waals surface area contributed by atoms with E-state index >= 15 is 0 Å². The van der Waals surface area contributed by atoms with Gasteiger partial charge in [-0.05, 0) is 110 Å². The maximum atomic E-state index is 6.06. The van der Waals surface area contributed by atoms with Crippen LogP contribution >= 0.6 is 0 Å². The minimum absolute atomic E-state index is 0.500. The lowest BCUT2D eigenvalue weighted by Crippen LogP contribution is -2.02. The van der Waals surface area contributed by atoms with Crippen LogP contribution in [0.1, 0.15) is 54.5 Å². The fourth-order valence-corrected chi connectivity index (χ4v) is 4.94. The Morgan fingerprint density at radius 3 is 2.57 bits per heavy atom. The molecule has 5 heteroatoms. The summed E-state index contributed by atoms with van der Waals surface area (Å²) in [5.41, 5.74) is 9.67. The summed E-state index contributed by atoms with van der Waals surface area (Å²) < 4.78 is 12.1. The van der Waals surface area contributed by atoms with Crippen LogP contribution in [0, 0.1) is 19.8 Å². The van der Waals surface area contributed by atoms with Crippen LogP contribution in [-0.2, 0) is 24.3 Å². The molecule has 1 unspecified atom stereocenters. The maximum absolute atomic E-state index is 6.06. The number of oxime groups is 1. The Morgan fingerprint density at radius 1 is 1.03 bits per heavy atom. The molecule has 35 heavy (non-hydrogen) atoms. The number of aryl methyl sites for hydroxylation is 2. The standard InChI is InChI=1S/C30H36N2O3/c1-20-12-26-17-29(31-18-27(26)13-20)35-19-24-9-6-10-25(16-24)30-21(2)14-28(15-22(30)3)34-11-7-8-23(4)32-33-5/h6,9-10,14-18,20H,7-8,11-13,19H2,1-5H3/b32-23+. The Morgan fingerprint density at radius 2 is 1.80 bits per heavy atom. The topological polar surface area (TPSA) is 52.9 Å². The van der Waals surface area contributed by atoms with E-state index in [1.54, 1.807) is 7.11 Å². The van der Waals surface area contributed by atoms with Crippen LogP contribution in [0.2, 0.25) is 0 Å². The van der Waals surface area contributed by atoms with Crippen LogP contribution in [0.4, 0.5) is 0 Å². The van der Waals surface area contributed by atoms with Gasteiger partial charge < -0.3 is 14.3 Å². The van der Waals surface area contributed by atoms with Crippen molar-refractivity contribution >= 4 is 5.71 Å². The average Bonchev–Trinajstić information content (AvgIpc) is 3.20. The number of pyridine rings is 1. The van der Waals surface area contributed by atoms with Crippen LogP contribution in [0.15, 0.2) is 53.8 Å². The SMILES string of the molecule is CO/N=C(\C)CCCOc1cc(C)c(-c2cccc(COc3cc4c(cn3)CC(C)C4)c2)c(C)c1. The summed E-state index contributed by atoms with van der Waals surface area (Å²) in [6.45, 7) is 9.69. The summed E-state index contributed by atoms with van der Waals surface area (Å²) in [4.78, 5) is 9.33. The Labute approximate surface area is 209 Å². The first-order valence-corrected chi connectivity index (χ1v) is 12.4. The second-order valence-electron chi connectivity index (χ2n) is 9.69. The zero-order chi connectivity index (χ0) is 24.8. The number of nitrogens with zero attached hydrogens (tertiary/aromatic N) is 2. The predicted molar refractivity (Wildman–Crippen MR) is 141 cm³/mol. The van der Waals surface area contributed by atoms with Crippen molar-refractivity contribution in [3.63, 3.8) is 0 Å². The van der Waals surface area contributed by atoms with Crippen molar-refractivity contribution in [3.05, 3.63) is 76.5 Å². The molecule has 1 aliphatic rings. The first-order chi connectivity index (χ1) is 16.9. The molecule has 4 rings (SSSR count). The Bertz CT molecular complexity index is 1180. The molecular weight excluding hydrogens is 436 g/mol. The second kappa shape index (κ2) is 11.4. The lowest BCUT2D eigenvalue weighted by molar-refractivity contribution is 0.212. The van der Waals surface area contributed by atoms with E-state index in [1.165, 1.54) is 33.4 Å². The van der Waals surface area contributed by atoms with Crippen molar-refractivity contribution in [2.75, 3.05) is 13.7 Å². The third-order valence-electron chi connectivity index (χ3n) is 6.50. The van der Waals surface area contributed by atoms with Gasteiger partial charge in [0.1, 0.15) is 19.5 Å². The number of ether oxygens (including phenoxy) is 2. The number of benzene rings is 2. The van der Waals surface area contributed by atoms with Gasteiger partial charge in [0.25, 0.3) is 0 Å². The van der Waals surface area contributed by atoms with E-state index in [-0.39, 0.29) is 0 Å². The van der Waals surface area contributed by atoms with E-state index in [0.29, 0.717) is 25.0 Å². The van der Waals surface area contributed by atoms with E-state index in [9.17, 15) is 0 Å². The summed E-state index contributed by atoms with van der Waals surface area (Å²) >= 11 is 0.